The molecule has 0 spiro atoms. The van der Waals surface area contributed by atoms with Crippen LogP contribution in [0.4, 0.5) is 0 Å². The van der Waals surface area contributed by atoms with Crippen LogP contribution in [0.3, 0.4) is 0 Å². The SMILES string of the molecule is CCOC(=O)c1cc(C)n(CC(=O)OCc2cc(=O)n3c(C)cccc3n2)c1C. The number of hydrogen-bond donors (Lipinski definition) is 0. The average Bonchev–Trinajstić information content (AvgIpc) is 2.95. The molecule has 152 valence electrons. The van der Waals surface area contributed by atoms with E-state index in [1.165, 1.54) is 10.5 Å². The first-order valence-corrected chi connectivity index (χ1v) is 9.29. The molecule has 0 N–H and O–H groups in total. The number of esters is 2. The van der Waals surface area contributed by atoms with Crippen molar-refractivity contribution < 1.29 is 19.1 Å². The van der Waals surface area contributed by atoms with E-state index in [-0.39, 0.29) is 25.3 Å². The van der Waals surface area contributed by atoms with E-state index in [1.54, 1.807) is 37.5 Å². The minimum atomic E-state index is -0.492. The summed E-state index contributed by atoms with van der Waals surface area (Å²) < 4.78 is 13.5. The van der Waals surface area contributed by atoms with Crippen molar-refractivity contribution >= 4 is 17.6 Å². The zero-order chi connectivity index (χ0) is 21.1. The lowest BCUT2D eigenvalue weighted by Crippen LogP contribution is -2.20. The first-order valence-electron chi connectivity index (χ1n) is 9.29. The first kappa shape index (κ1) is 20.3. The van der Waals surface area contributed by atoms with Crippen molar-refractivity contribution in [2.75, 3.05) is 6.61 Å². The molecule has 0 aliphatic rings. The van der Waals surface area contributed by atoms with Crippen LogP contribution in [0, 0.1) is 20.8 Å². The van der Waals surface area contributed by atoms with Crippen LogP contribution in [-0.2, 0) is 27.4 Å². The molecule has 3 heterocycles. The van der Waals surface area contributed by atoms with E-state index in [9.17, 15) is 14.4 Å². The molecule has 3 aromatic heterocycles. The van der Waals surface area contributed by atoms with Crippen LogP contribution in [0.2, 0.25) is 0 Å². The molecule has 0 saturated carbocycles. The van der Waals surface area contributed by atoms with Gasteiger partial charge in [0.25, 0.3) is 5.56 Å². The summed E-state index contributed by atoms with van der Waals surface area (Å²) in [6, 6.07) is 8.41. The molecule has 0 fully saturated rings. The number of aromatic nitrogens is 3. The Hall–Kier alpha value is -3.42. The molecule has 0 atom stereocenters. The Balaban J connectivity index is 1.72. The summed E-state index contributed by atoms with van der Waals surface area (Å²) in [5.74, 6) is -0.912. The molecular weight excluding hydrogens is 374 g/mol. The average molecular weight is 397 g/mol. The Morgan fingerprint density at radius 2 is 1.83 bits per heavy atom. The third-order valence-electron chi connectivity index (χ3n) is 4.67. The van der Waals surface area contributed by atoms with Gasteiger partial charge in [-0.3, -0.25) is 14.0 Å². The molecular formula is C21H23N3O5. The largest absolute Gasteiger partial charge is 0.462 e. The van der Waals surface area contributed by atoms with Gasteiger partial charge in [-0.25, -0.2) is 9.78 Å². The molecule has 3 aromatic rings. The van der Waals surface area contributed by atoms with Gasteiger partial charge in [0.1, 0.15) is 18.8 Å². The maximum Gasteiger partial charge on any atom is 0.339 e. The Labute approximate surface area is 167 Å². The molecule has 0 radical (unpaired) electrons. The summed E-state index contributed by atoms with van der Waals surface area (Å²) in [6.45, 7) is 7.23. The fourth-order valence-electron chi connectivity index (χ4n) is 3.23. The van der Waals surface area contributed by atoms with Crippen LogP contribution in [0.5, 0.6) is 0 Å². The van der Waals surface area contributed by atoms with Crippen molar-refractivity contribution in [3.63, 3.8) is 0 Å². The smallest absolute Gasteiger partial charge is 0.339 e. The van der Waals surface area contributed by atoms with Gasteiger partial charge in [0.15, 0.2) is 0 Å². The quantitative estimate of drug-likeness (QED) is 0.593. The lowest BCUT2D eigenvalue weighted by molar-refractivity contribution is -0.145. The summed E-state index contributed by atoms with van der Waals surface area (Å²) in [5.41, 5.74) is 3.24. The highest BCUT2D eigenvalue weighted by atomic mass is 16.5. The number of hydrogen-bond acceptors (Lipinski definition) is 6. The lowest BCUT2D eigenvalue weighted by atomic mass is 10.2. The number of nitrogens with zero attached hydrogens (tertiary/aromatic N) is 3. The van der Waals surface area contributed by atoms with E-state index in [1.807, 2.05) is 19.1 Å². The highest BCUT2D eigenvalue weighted by molar-refractivity contribution is 5.91. The van der Waals surface area contributed by atoms with Gasteiger partial charge < -0.3 is 14.0 Å². The summed E-state index contributed by atoms with van der Waals surface area (Å²) in [4.78, 5) is 41.0. The third kappa shape index (κ3) is 4.21. The highest BCUT2D eigenvalue weighted by Crippen LogP contribution is 2.16. The highest BCUT2D eigenvalue weighted by Gasteiger charge is 2.18. The van der Waals surface area contributed by atoms with Crippen molar-refractivity contribution in [2.24, 2.45) is 0 Å². The lowest BCUT2D eigenvalue weighted by Gasteiger charge is -2.10. The third-order valence-corrected chi connectivity index (χ3v) is 4.67. The maximum atomic E-state index is 12.3. The maximum absolute atomic E-state index is 12.3. The summed E-state index contributed by atoms with van der Waals surface area (Å²) in [5, 5.41) is 0. The van der Waals surface area contributed by atoms with Gasteiger partial charge >= 0.3 is 11.9 Å². The van der Waals surface area contributed by atoms with Crippen molar-refractivity contribution in [3.05, 3.63) is 69.0 Å². The molecule has 0 amide bonds. The molecule has 0 aromatic carbocycles. The first-order chi connectivity index (χ1) is 13.8. The predicted octanol–water partition coefficient (Wildman–Crippen LogP) is 2.34. The second-order valence-electron chi connectivity index (χ2n) is 6.70. The van der Waals surface area contributed by atoms with Crippen LogP contribution in [0.15, 0.2) is 35.1 Å². The van der Waals surface area contributed by atoms with Crippen LogP contribution in [0.1, 0.15) is 40.1 Å². The number of aryl methyl sites for hydroxylation is 2. The summed E-state index contributed by atoms with van der Waals surface area (Å²) in [7, 11) is 0. The van der Waals surface area contributed by atoms with Gasteiger partial charge in [0, 0.05) is 23.1 Å². The number of carbonyl (C=O) groups excluding carboxylic acids is 2. The molecule has 0 unspecified atom stereocenters. The fourth-order valence-corrected chi connectivity index (χ4v) is 3.23. The van der Waals surface area contributed by atoms with E-state index in [4.69, 9.17) is 9.47 Å². The van der Waals surface area contributed by atoms with E-state index in [0.29, 0.717) is 22.6 Å². The van der Waals surface area contributed by atoms with E-state index in [0.717, 1.165) is 11.4 Å². The standard InChI is InChI=1S/C21H23N3O5/c1-5-28-21(27)17-9-14(3)23(15(17)4)11-20(26)29-12-16-10-19(25)24-13(2)7-6-8-18(24)22-16/h6-10H,5,11-12H2,1-4H3. The predicted molar refractivity (Wildman–Crippen MR) is 106 cm³/mol. The monoisotopic (exact) mass is 397 g/mol. The number of carbonyl (C=O) groups is 2. The molecule has 0 aliphatic carbocycles. The van der Waals surface area contributed by atoms with Gasteiger partial charge in [0.2, 0.25) is 0 Å². The number of rotatable bonds is 6. The zero-order valence-corrected chi connectivity index (χ0v) is 16.9. The molecule has 8 heteroatoms. The number of fused-ring (bicyclic) bond motifs is 1. The van der Waals surface area contributed by atoms with Crippen LogP contribution in [0.25, 0.3) is 5.65 Å². The van der Waals surface area contributed by atoms with Crippen molar-refractivity contribution in [2.45, 2.75) is 40.8 Å². The van der Waals surface area contributed by atoms with E-state index >= 15 is 0 Å². The van der Waals surface area contributed by atoms with Gasteiger partial charge in [-0.2, -0.15) is 0 Å². The Bertz CT molecular complexity index is 1140. The number of pyridine rings is 1. The molecule has 0 saturated heterocycles. The molecule has 0 aliphatic heterocycles. The molecule has 29 heavy (non-hydrogen) atoms. The van der Waals surface area contributed by atoms with Gasteiger partial charge in [-0.1, -0.05) is 6.07 Å². The molecule has 8 nitrogen and oxygen atoms in total. The van der Waals surface area contributed by atoms with E-state index in [2.05, 4.69) is 4.98 Å². The Morgan fingerprint density at radius 1 is 1.07 bits per heavy atom. The Morgan fingerprint density at radius 3 is 2.55 bits per heavy atom. The molecule has 0 bridgehead atoms. The second kappa shape index (κ2) is 8.30. The normalized spacial score (nSPS) is 10.9. The topological polar surface area (TPSA) is 91.9 Å². The fraction of sp³-hybridized carbons (Fsp3) is 0.333. The van der Waals surface area contributed by atoms with Crippen molar-refractivity contribution in [1.82, 2.24) is 14.0 Å². The van der Waals surface area contributed by atoms with Crippen LogP contribution < -0.4 is 5.56 Å². The van der Waals surface area contributed by atoms with Gasteiger partial charge in [-0.15, -0.1) is 0 Å². The second-order valence-corrected chi connectivity index (χ2v) is 6.70. The van der Waals surface area contributed by atoms with Gasteiger partial charge in [0.05, 0.1) is 17.9 Å². The van der Waals surface area contributed by atoms with Gasteiger partial charge in [-0.05, 0) is 45.9 Å². The van der Waals surface area contributed by atoms with Crippen LogP contribution >= 0.6 is 0 Å². The van der Waals surface area contributed by atoms with Crippen LogP contribution in [-0.4, -0.2) is 32.5 Å². The summed E-state index contributed by atoms with van der Waals surface area (Å²) in [6.07, 6.45) is 0. The summed E-state index contributed by atoms with van der Waals surface area (Å²) >= 11 is 0. The zero-order valence-electron chi connectivity index (χ0n) is 16.9. The van der Waals surface area contributed by atoms with Crippen molar-refractivity contribution in [3.8, 4) is 0 Å². The minimum Gasteiger partial charge on any atom is -0.462 e. The minimum absolute atomic E-state index is 0.0528. The van der Waals surface area contributed by atoms with E-state index < -0.39 is 11.9 Å². The van der Waals surface area contributed by atoms with Crippen molar-refractivity contribution in [1.29, 1.82) is 0 Å². The molecule has 3 rings (SSSR count). The Kier molecular flexibility index (Phi) is 5.81. The number of ether oxygens (including phenoxy) is 2.